The van der Waals surface area contributed by atoms with Gasteiger partial charge in [-0.15, -0.1) is 0 Å². The van der Waals surface area contributed by atoms with Crippen LogP contribution in [0, 0.1) is 11.3 Å². The van der Waals surface area contributed by atoms with E-state index in [2.05, 4.69) is 0 Å². The van der Waals surface area contributed by atoms with Gasteiger partial charge in [0.15, 0.2) is 0 Å². The number of fused-ring (bicyclic) bond motifs is 1. The molecule has 0 unspecified atom stereocenters. The second kappa shape index (κ2) is 7.43. The highest BCUT2D eigenvalue weighted by Crippen LogP contribution is 2.30. The van der Waals surface area contributed by atoms with Gasteiger partial charge in [0.05, 0.1) is 0 Å². The van der Waals surface area contributed by atoms with Crippen molar-refractivity contribution in [3.63, 3.8) is 0 Å². The van der Waals surface area contributed by atoms with Gasteiger partial charge in [-0.05, 0) is 37.0 Å². The monoisotopic (exact) mass is 310 g/mol. The molecule has 0 bridgehead atoms. The van der Waals surface area contributed by atoms with E-state index >= 15 is 0 Å². The summed E-state index contributed by atoms with van der Waals surface area (Å²) in [5.74, 6) is -0.681. The fourth-order valence-electron chi connectivity index (χ4n) is 2.17. The molecule has 23 heavy (non-hydrogen) atoms. The Labute approximate surface area is 135 Å². The van der Waals surface area contributed by atoms with Crippen LogP contribution in [-0.2, 0) is 4.79 Å². The van der Waals surface area contributed by atoms with Gasteiger partial charge in [-0.2, -0.15) is 5.26 Å². The highest BCUT2D eigenvalue weighted by Gasteiger charge is 2.12. The number of benzene rings is 2. The molecule has 0 fully saturated rings. The lowest BCUT2D eigenvalue weighted by Crippen LogP contribution is -2.19. The highest BCUT2D eigenvalue weighted by molar-refractivity contribution is 6.01. The van der Waals surface area contributed by atoms with Crippen LogP contribution in [0.15, 0.2) is 42.0 Å². The SMILES string of the molecule is CN(C)CCOc1ccc2ccccc2c1C=C(C#N)C(=O)O. The molecule has 0 saturated carbocycles. The summed E-state index contributed by atoms with van der Waals surface area (Å²) >= 11 is 0. The number of carboxylic acids is 1. The molecule has 2 aromatic carbocycles. The summed E-state index contributed by atoms with van der Waals surface area (Å²) in [6.45, 7) is 1.21. The van der Waals surface area contributed by atoms with Crippen LogP contribution in [0.2, 0.25) is 0 Å². The molecule has 0 amide bonds. The minimum atomic E-state index is -1.25. The Bertz CT molecular complexity index is 788. The number of nitriles is 1. The van der Waals surface area contributed by atoms with E-state index in [0.717, 1.165) is 17.3 Å². The first-order valence-corrected chi connectivity index (χ1v) is 7.17. The molecule has 2 rings (SSSR count). The zero-order chi connectivity index (χ0) is 16.8. The third kappa shape index (κ3) is 4.09. The third-order valence-electron chi connectivity index (χ3n) is 3.37. The van der Waals surface area contributed by atoms with Crippen LogP contribution in [0.5, 0.6) is 5.75 Å². The van der Waals surface area contributed by atoms with Crippen molar-refractivity contribution in [3.05, 3.63) is 47.5 Å². The second-order valence-corrected chi connectivity index (χ2v) is 5.33. The molecular weight excluding hydrogens is 292 g/mol. The second-order valence-electron chi connectivity index (χ2n) is 5.33. The molecule has 0 aliphatic rings. The van der Waals surface area contributed by atoms with Crippen LogP contribution >= 0.6 is 0 Å². The lowest BCUT2D eigenvalue weighted by atomic mass is 10.0. The van der Waals surface area contributed by atoms with Crippen molar-refractivity contribution in [2.45, 2.75) is 0 Å². The zero-order valence-electron chi connectivity index (χ0n) is 13.1. The average molecular weight is 310 g/mol. The summed E-state index contributed by atoms with van der Waals surface area (Å²) in [6.07, 6.45) is 1.37. The average Bonchev–Trinajstić information content (AvgIpc) is 2.52. The van der Waals surface area contributed by atoms with E-state index < -0.39 is 5.97 Å². The van der Waals surface area contributed by atoms with Gasteiger partial charge in [0, 0.05) is 12.1 Å². The molecule has 2 aromatic rings. The zero-order valence-corrected chi connectivity index (χ0v) is 13.1. The summed E-state index contributed by atoms with van der Waals surface area (Å²) < 4.78 is 5.79. The molecule has 0 spiro atoms. The maximum absolute atomic E-state index is 11.1. The van der Waals surface area contributed by atoms with Gasteiger partial charge in [-0.25, -0.2) is 4.79 Å². The van der Waals surface area contributed by atoms with E-state index in [4.69, 9.17) is 15.1 Å². The Balaban J connectivity index is 2.52. The Morgan fingerprint density at radius 1 is 1.30 bits per heavy atom. The Kier molecular flexibility index (Phi) is 5.34. The molecule has 5 nitrogen and oxygen atoms in total. The molecule has 0 aromatic heterocycles. The van der Waals surface area contributed by atoms with Gasteiger partial charge in [-0.3, -0.25) is 0 Å². The van der Waals surface area contributed by atoms with Crippen LogP contribution in [0.25, 0.3) is 16.8 Å². The van der Waals surface area contributed by atoms with E-state index in [1.54, 1.807) is 12.1 Å². The first-order valence-electron chi connectivity index (χ1n) is 7.17. The molecule has 5 heteroatoms. The number of hydrogen-bond donors (Lipinski definition) is 1. The van der Waals surface area contributed by atoms with Crippen molar-refractivity contribution in [1.29, 1.82) is 5.26 Å². The number of carboxylic acid groups (broad SMARTS) is 1. The number of hydrogen-bond acceptors (Lipinski definition) is 4. The maximum Gasteiger partial charge on any atom is 0.346 e. The van der Waals surface area contributed by atoms with Crippen molar-refractivity contribution in [2.75, 3.05) is 27.2 Å². The van der Waals surface area contributed by atoms with Crippen molar-refractivity contribution < 1.29 is 14.6 Å². The predicted octanol–water partition coefficient (Wildman–Crippen LogP) is 2.77. The molecule has 0 heterocycles. The number of nitrogens with zero attached hydrogens (tertiary/aromatic N) is 2. The molecule has 0 aliphatic carbocycles. The van der Waals surface area contributed by atoms with Crippen LogP contribution < -0.4 is 4.74 Å². The standard InChI is InChI=1S/C18H18N2O3/c1-20(2)9-10-23-17-8-7-13-5-3-4-6-15(13)16(17)11-14(12-19)18(21)22/h3-8,11H,9-10H2,1-2H3,(H,21,22). The quantitative estimate of drug-likeness (QED) is 0.656. The number of likely N-dealkylation sites (N-methyl/N-ethyl adjacent to an activating group) is 1. The number of carbonyl (C=O) groups is 1. The van der Waals surface area contributed by atoms with Crippen LogP contribution in [0.1, 0.15) is 5.56 Å². The Hall–Kier alpha value is -2.84. The summed E-state index contributed by atoms with van der Waals surface area (Å²) in [6, 6.07) is 13.0. The first-order chi connectivity index (χ1) is 11.0. The predicted molar refractivity (Wildman–Crippen MR) is 89.2 cm³/mol. The normalized spacial score (nSPS) is 11.5. The van der Waals surface area contributed by atoms with E-state index in [9.17, 15) is 4.79 Å². The lowest BCUT2D eigenvalue weighted by molar-refractivity contribution is -0.132. The molecule has 0 atom stereocenters. The fraction of sp³-hybridized carbons (Fsp3) is 0.222. The van der Waals surface area contributed by atoms with Gasteiger partial charge < -0.3 is 14.7 Å². The lowest BCUT2D eigenvalue weighted by Gasteiger charge is -2.14. The van der Waals surface area contributed by atoms with Crippen molar-refractivity contribution >= 4 is 22.8 Å². The molecular formula is C18H18N2O3. The van der Waals surface area contributed by atoms with E-state index in [1.807, 2.05) is 49.3 Å². The first kappa shape index (κ1) is 16.5. The van der Waals surface area contributed by atoms with Gasteiger partial charge in [0.1, 0.15) is 24.0 Å². The number of ether oxygens (including phenoxy) is 1. The summed E-state index contributed by atoms with van der Waals surface area (Å²) in [4.78, 5) is 13.1. The topological polar surface area (TPSA) is 73.6 Å². The van der Waals surface area contributed by atoms with Gasteiger partial charge in [0.2, 0.25) is 0 Å². The highest BCUT2D eigenvalue weighted by atomic mass is 16.5. The Morgan fingerprint density at radius 2 is 2.04 bits per heavy atom. The molecule has 118 valence electrons. The minimum absolute atomic E-state index is 0.321. The molecule has 0 aliphatic heterocycles. The molecule has 1 N–H and O–H groups in total. The molecule has 0 radical (unpaired) electrons. The van der Waals surface area contributed by atoms with Crippen LogP contribution in [-0.4, -0.2) is 43.2 Å². The number of aliphatic carboxylic acids is 1. The fourth-order valence-corrected chi connectivity index (χ4v) is 2.17. The summed E-state index contributed by atoms with van der Waals surface area (Å²) in [7, 11) is 3.89. The minimum Gasteiger partial charge on any atom is -0.492 e. The Morgan fingerprint density at radius 3 is 2.70 bits per heavy atom. The summed E-state index contributed by atoms with van der Waals surface area (Å²) in [5.41, 5.74) is 0.291. The summed E-state index contributed by atoms with van der Waals surface area (Å²) in [5, 5.41) is 19.9. The van der Waals surface area contributed by atoms with Crippen LogP contribution in [0.3, 0.4) is 0 Å². The molecule has 0 saturated heterocycles. The van der Waals surface area contributed by atoms with Crippen molar-refractivity contribution in [3.8, 4) is 11.8 Å². The van der Waals surface area contributed by atoms with Gasteiger partial charge in [-0.1, -0.05) is 30.3 Å². The van der Waals surface area contributed by atoms with E-state index in [0.29, 0.717) is 17.9 Å². The maximum atomic E-state index is 11.1. The van der Waals surface area contributed by atoms with E-state index in [-0.39, 0.29) is 5.57 Å². The number of rotatable bonds is 6. The van der Waals surface area contributed by atoms with E-state index in [1.165, 1.54) is 6.08 Å². The van der Waals surface area contributed by atoms with Crippen LogP contribution in [0.4, 0.5) is 0 Å². The smallest absolute Gasteiger partial charge is 0.346 e. The van der Waals surface area contributed by atoms with Gasteiger partial charge >= 0.3 is 5.97 Å². The van der Waals surface area contributed by atoms with Crippen molar-refractivity contribution in [2.24, 2.45) is 0 Å². The van der Waals surface area contributed by atoms with Crippen molar-refractivity contribution in [1.82, 2.24) is 4.90 Å². The third-order valence-corrected chi connectivity index (χ3v) is 3.37. The largest absolute Gasteiger partial charge is 0.492 e. The van der Waals surface area contributed by atoms with Gasteiger partial charge in [0.25, 0.3) is 0 Å².